The number of sulfonamides is 1. The summed E-state index contributed by atoms with van der Waals surface area (Å²) in [4.78, 5) is 29.0. The SMILES string of the molecule is CC(C)NC(=O)[C@@H](Cc1ccccc1)N(Cc1ccccc1F)C(=O)CN(c1ccc(F)c(Cl)c1)S(=O)(=O)c1ccccc1. The first-order valence-electron chi connectivity index (χ1n) is 13.9. The van der Waals surface area contributed by atoms with Crippen molar-refractivity contribution in [2.45, 2.75) is 43.8 Å². The molecule has 230 valence electrons. The summed E-state index contributed by atoms with van der Waals surface area (Å²) >= 11 is 6.02. The van der Waals surface area contributed by atoms with E-state index >= 15 is 0 Å². The molecule has 0 fully saturated rings. The monoisotopic (exact) mass is 639 g/mol. The first-order chi connectivity index (χ1) is 21.0. The number of rotatable bonds is 12. The molecule has 0 unspecified atom stereocenters. The Bertz CT molecular complexity index is 1710. The number of halogens is 3. The van der Waals surface area contributed by atoms with E-state index in [1.165, 1.54) is 53.4 Å². The van der Waals surface area contributed by atoms with Crippen molar-refractivity contribution in [3.63, 3.8) is 0 Å². The van der Waals surface area contributed by atoms with Crippen LogP contribution in [0.25, 0.3) is 0 Å². The summed E-state index contributed by atoms with van der Waals surface area (Å²) in [5, 5.41) is 2.49. The van der Waals surface area contributed by atoms with Crippen molar-refractivity contribution >= 4 is 39.1 Å². The van der Waals surface area contributed by atoms with E-state index in [0.29, 0.717) is 0 Å². The lowest BCUT2D eigenvalue weighted by molar-refractivity contribution is -0.140. The average molecular weight is 640 g/mol. The van der Waals surface area contributed by atoms with Gasteiger partial charge in [0.1, 0.15) is 24.2 Å². The van der Waals surface area contributed by atoms with Crippen molar-refractivity contribution in [1.82, 2.24) is 10.2 Å². The minimum Gasteiger partial charge on any atom is -0.352 e. The van der Waals surface area contributed by atoms with E-state index in [2.05, 4.69) is 5.32 Å². The molecule has 1 N–H and O–H groups in total. The highest BCUT2D eigenvalue weighted by atomic mass is 35.5. The summed E-state index contributed by atoms with van der Waals surface area (Å²) in [6, 6.07) is 24.2. The van der Waals surface area contributed by atoms with Crippen LogP contribution in [0.15, 0.2) is 108 Å². The molecule has 0 spiro atoms. The van der Waals surface area contributed by atoms with Gasteiger partial charge in [0.25, 0.3) is 10.0 Å². The van der Waals surface area contributed by atoms with Gasteiger partial charge in [0.15, 0.2) is 0 Å². The zero-order valence-electron chi connectivity index (χ0n) is 24.2. The van der Waals surface area contributed by atoms with E-state index in [-0.39, 0.29) is 40.2 Å². The molecule has 0 heterocycles. The second-order valence-corrected chi connectivity index (χ2v) is 12.7. The maximum Gasteiger partial charge on any atom is 0.264 e. The van der Waals surface area contributed by atoms with Gasteiger partial charge in [-0.25, -0.2) is 17.2 Å². The molecule has 4 rings (SSSR count). The Balaban J connectivity index is 1.82. The highest BCUT2D eigenvalue weighted by molar-refractivity contribution is 7.92. The lowest BCUT2D eigenvalue weighted by atomic mass is 10.0. The maximum atomic E-state index is 14.9. The van der Waals surface area contributed by atoms with Crippen LogP contribution >= 0.6 is 11.6 Å². The molecule has 7 nitrogen and oxygen atoms in total. The summed E-state index contributed by atoms with van der Waals surface area (Å²) in [6.45, 7) is 2.44. The molecule has 4 aromatic carbocycles. The fourth-order valence-electron chi connectivity index (χ4n) is 4.63. The molecule has 0 bridgehead atoms. The van der Waals surface area contributed by atoms with Crippen LogP contribution in [0, 0.1) is 11.6 Å². The largest absolute Gasteiger partial charge is 0.352 e. The number of nitrogens with one attached hydrogen (secondary N) is 1. The van der Waals surface area contributed by atoms with Gasteiger partial charge in [0.2, 0.25) is 11.8 Å². The van der Waals surface area contributed by atoms with Gasteiger partial charge in [0, 0.05) is 24.6 Å². The van der Waals surface area contributed by atoms with Gasteiger partial charge in [-0.2, -0.15) is 0 Å². The molecule has 0 aliphatic carbocycles. The Morgan fingerprint density at radius 2 is 1.45 bits per heavy atom. The first kappa shape index (κ1) is 32.6. The van der Waals surface area contributed by atoms with E-state index in [0.717, 1.165) is 22.0 Å². The number of hydrogen-bond acceptors (Lipinski definition) is 4. The first-order valence-corrected chi connectivity index (χ1v) is 15.7. The molecule has 1 atom stereocenters. The Kier molecular flexibility index (Phi) is 10.7. The highest BCUT2D eigenvalue weighted by Gasteiger charge is 2.35. The summed E-state index contributed by atoms with van der Waals surface area (Å²) in [5.74, 6) is -2.63. The number of carbonyl (C=O) groups excluding carboxylic acids is 2. The predicted molar refractivity (Wildman–Crippen MR) is 167 cm³/mol. The molecule has 2 amide bonds. The van der Waals surface area contributed by atoms with Crippen molar-refractivity contribution in [3.05, 3.63) is 131 Å². The van der Waals surface area contributed by atoms with Gasteiger partial charge in [-0.05, 0) is 55.8 Å². The second-order valence-electron chi connectivity index (χ2n) is 10.4. The van der Waals surface area contributed by atoms with E-state index in [4.69, 9.17) is 11.6 Å². The third kappa shape index (κ3) is 8.00. The number of nitrogens with zero attached hydrogens (tertiary/aromatic N) is 2. The zero-order valence-corrected chi connectivity index (χ0v) is 25.7. The van der Waals surface area contributed by atoms with Crippen LogP contribution in [0.4, 0.5) is 14.5 Å². The van der Waals surface area contributed by atoms with Crippen molar-refractivity contribution in [2.24, 2.45) is 0 Å². The van der Waals surface area contributed by atoms with Crippen molar-refractivity contribution in [2.75, 3.05) is 10.8 Å². The topological polar surface area (TPSA) is 86.8 Å². The van der Waals surface area contributed by atoms with E-state index in [1.54, 1.807) is 50.2 Å². The van der Waals surface area contributed by atoms with E-state index in [9.17, 15) is 26.8 Å². The lowest BCUT2D eigenvalue weighted by Crippen LogP contribution is -2.54. The van der Waals surface area contributed by atoms with Crippen LogP contribution in [0.2, 0.25) is 5.02 Å². The Morgan fingerprint density at radius 1 is 0.841 bits per heavy atom. The molecule has 0 aliphatic heterocycles. The average Bonchev–Trinajstić information content (AvgIpc) is 3.00. The molecule has 11 heteroatoms. The van der Waals surface area contributed by atoms with Crippen LogP contribution in [-0.2, 0) is 32.6 Å². The third-order valence-corrected chi connectivity index (χ3v) is 8.88. The fraction of sp³-hybridized carbons (Fsp3) is 0.212. The van der Waals surface area contributed by atoms with Gasteiger partial charge in [-0.3, -0.25) is 13.9 Å². The van der Waals surface area contributed by atoms with Crippen molar-refractivity contribution in [1.29, 1.82) is 0 Å². The standard InChI is InChI=1S/C33H32ClF2N3O4S/c1-23(2)37-33(41)31(19-24-11-5-3-6-12-24)38(21-25-13-9-10-16-29(25)35)32(40)22-39(26-17-18-30(36)28(34)20-26)44(42,43)27-14-7-4-8-15-27/h3-18,20,23,31H,19,21-22H2,1-2H3,(H,37,41)/t31-/m1/s1. The molecule has 0 saturated carbocycles. The van der Waals surface area contributed by atoms with E-state index < -0.39 is 46.1 Å². The molecule has 0 radical (unpaired) electrons. The molecule has 44 heavy (non-hydrogen) atoms. The number of anilines is 1. The molecule has 0 aliphatic rings. The number of carbonyl (C=O) groups is 2. The molecule has 4 aromatic rings. The van der Waals surface area contributed by atoms with Crippen molar-refractivity contribution in [3.8, 4) is 0 Å². The normalized spacial score (nSPS) is 12.0. The maximum absolute atomic E-state index is 14.9. The van der Waals surface area contributed by atoms with Crippen molar-refractivity contribution < 1.29 is 26.8 Å². The molecule has 0 saturated heterocycles. The minimum absolute atomic E-state index is 0.0642. The summed E-state index contributed by atoms with van der Waals surface area (Å²) < 4.78 is 57.7. The van der Waals surface area contributed by atoms with Gasteiger partial charge in [-0.1, -0.05) is 78.3 Å². The number of benzene rings is 4. The van der Waals surface area contributed by atoms with Crippen LogP contribution in [0.3, 0.4) is 0 Å². The summed E-state index contributed by atoms with van der Waals surface area (Å²) in [7, 11) is -4.39. The smallest absolute Gasteiger partial charge is 0.264 e. The summed E-state index contributed by atoms with van der Waals surface area (Å²) in [5.41, 5.74) is 0.811. The quantitative estimate of drug-likeness (QED) is 0.207. The van der Waals surface area contributed by atoms with Crippen LogP contribution in [0.5, 0.6) is 0 Å². The van der Waals surface area contributed by atoms with Gasteiger partial charge < -0.3 is 10.2 Å². The fourth-order valence-corrected chi connectivity index (χ4v) is 6.24. The third-order valence-electron chi connectivity index (χ3n) is 6.80. The molecular formula is C33H32ClF2N3O4S. The zero-order chi connectivity index (χ0) is 31.9. The van der Waals surface area contributed by atoms with Gasteiger partial charge in [0.05, 0.1) is 15.6 Å². The molecule has 0 aromatic heterocycles. The van der Waals surface area contributed by atoms with Gasteiger partial charge in [-0.15, -0.1) is 0 Å². The van der Waals surface area contributed by atoms with Crippen LogP contribution in [-0.4, -0.2) is 43.8 Å². The number of amides is 2. The Morgan fingerprint density at radius 3 is 2.07 bits per heavy atom. The van der Waals surface area contributed by atoms with Crippen LogP contribution in [0.1, 0.15) is 25.0 Å². The van der Waals surface area contributed by atoms with Crippen LogP contribution < -0.4 is 9.62 Å². The Labute approximate surface area is 261 Å². The van der Waals surface area contributed by atoms with Gasteiger partial charge >= 0.3 is 0 Å². The second kappa shape index (κ2) is 14.5. The summed E-state index contributed by atoms with van der Waals surface area (Å²) in [6.07, 6.45) is 0.0768. The predicted octanol–water partition coefficient (Wildman–Crippen LogP) is 5.98. The lowest BCUT2D eigenvalue weighted by Gasteiger charge is -2.34. The molecular weight excluding hydrogens is 608 g/mol. The minimum atomic E-state index is -4.39. The highest BCUT2D eigenvalue weighted by Crippen LogP contribution is 2.28. The number of hydrogen-bond donors (Lipinski definition) is 1. The van der Waals surface area contributed by atoms with E-state index in [1.807, 2.05) is 6.07 Å². The Hall–Kier alpha value is -4.28.